The maximum atomic E-state index is 14.3. The van der Waals surface area contributed by atoms with Gasteiger partial charge < -0.3 is 14.5 Å². The summed E-state index contributed by atoms with van der Waals surface area (Å²) in [4.78, 5) is 33.3. The van der Waals surface area contributed by atoms with Gasteiger partial charge >= 0.3 is 12.1 Å². The maximum absolute atomic E-state index is 14.3. The number of H-pyrrole nitrogens is 1. The van der Waals surface area contributed by atoms with Gasteiger partial charge in [-0.2, -0.15) is 13.2 Å². The first-order valence-electron chi connectivity index (χ1n) is 8.54. The van der Waals surface area contributed by atoms with E-state index >= 15 is 0 Å². The van der Waals surface area contributed by atoms with E-state index in [9.17, 15) is 27.2 Å². The lowest BCUT2D eigenvalue weighted by Crippen LogP contribution is -2.19. The van der Waals surface area contributed by atoms with Gasteiger partial charge in [0.2, 0.25) is 0 Å². The quantitative estimate of drug-likeness (QED) is 0.506. The normalized spacial score (nSPS) is 12.6. The number of hydrogen-bond acceptors (Lipinski definition) is 6. The second kappa shape index (κ2) is 7.73. The van der Waals surface area contributed by atoms with Crippen LogP contribution in [0.1, 0.15) is 40.5 Å². The molecule has 11 heteroatoms. The molecule has 2 aromatic heterocycles. The number of pyridine rings is 1. The number of benzene rings is 1. The largest absolute Gasteiger partial charge is 0.483 e. The summed E-state index contributed by atoms with van der Waals surface area (Å²) < 4.78 is 64.8. The molecule has 1 aromatic carbocycles. The van der Waals surface area contributed by atoms with Gasteiger partial charge in [-0.3, -0.25) is 4.79 Å². The molecular weight excluding hydrogens is 410 g/mol. The number of methoxy groups -OCH3 is 1. The zero-order chi connectivity index (χ0) is 22.2. The Bertz CT molecular complexity index is 1190. The lowest BCUT2D eigenvalue weighted by molar-refractivity contribution is -0.142. The van der Waals surface area contributed by atoms with E-state index < -0.39 is 40.9 Å². The fourth-order valence-corrected chi connectivity index (χ4v) is 2.82. The molecular formula is C19H15F4N3O4. The third kappa shape index (κ3) is 4.09. The van der Waals surface area contributed by atoms with E-state index in [0.717, 1.165) is 25.3 Å². The minimum Gasteiger partial charge on any atom is -0.483 e. The number of fused-ring (bicyclic) bond motifs is 1. The van der Waals surface area contributed by atoms with Gasteiger partial charge in [0, 0.05) is 5.56 Å². The van der Waals surface area contributed by atoms with Crippen LogP contribution in [-0.4, -0.2) is 28.0 Å². The number of esters is 1. The lowest BCUT2D eigenvalue weighted by Gasteiger charge is -2.20. The Kier molecular flexibility index (Phi) is 5.47. The Labute approximate surface area is 166 Å². The number of hydrogen-bond donors (Lipinski definition) is 1. The Balaban J connectivity index is 2.07. The van der Waals surface area contributed by atoms with Crippen molar-refractivity contribution in [1.29, 1.82) is 0 Å². The number of alkyl halides is 3. The lowest BCUT2D eigenvalue weighted by atomic mass is 10.1. The van der Waals surface area contributed by atoms with Crippen molar-refractivity contribution in [2.75, 3.05) is 7.11 Å². The number of rotatable bonds is 4. The molecule has 0 aliphatic rings. The molecule has 0 amide bonds. The van der Waals surface area contributed by atoms with Crippen LogP contribution in [0, 0.1) is 12.7 Å². The van der Waals surface area contributed by atoms with Gasteiger partial charge in [-0.25, -0.2) is 19.2 Å². The first-order valence-corrected chi connectivity index (χ1v) is 8.54. The van der Waals surface area contributed by atoms with Crippen LogP contribution >= 0.6 is 0 Å². The topological polar surface area (TPSA) is 94.2 Å². The molecule has 158 valence electrons. The van der Waals surface area contributed by atoms with Crippen molar-refractivity contribution in [3.63, 3.8) is 0 Å². The summed E-state index contributed by atoms with van der Waals surface area (Å²) in [6.07, 6.45) is -6.20. The average molecular weight is 425 g/mol. The van der Waals surface area contributed by atoms with Crippen molar-refractivity contribution >= 4 is 17.0 Å². The van der Waals surface area contributed by atoms with Crippen molar-refractivity contribution in [2.24, 2.45) is 0 Å². The summed E-state index contributed by atoms with van der Waals surface area (Å²) in [5.41, 5.74) is -2.89. The van der Waals surface area contributed by atoms with Crippen LogP contribution < -0.4 is 10.3 Å². The fraction of sp³-hybridized carbons (Fsp3) is 0.263. The third-order valence-corrected chi connectivity index (χ3v) is 4.21. The van der Waals surface area contributed by atoms with E-state index in [0.29, 0.717) is 0 Å². The molecule has 0 saturated carbocycles. The van der Waals surface area contributed by atoms with Gasteiger partial charge in [0.1, 0.15) is 11.9 Å². The zero-order valence-electron chi connectivity index (χ0n) is 15.9. The fourth-order valence-electron chi connectivity index (χ4n) is 2.82. The first-order chi connectivity index (χ1) is 14.0. The number of ether oxygens (including phenoxy) is 2. The predicted octanol–water partition coefficient (Wildman–Crippen LogP) is 3.71. The van der Waals surface area contributed by atoms with Crippen LogP contribution in [0.25, 0.3) is 11.0 Å². The van der Waals surface area contributed by atoms with E-state index in [2.05, 4.69) is 19.7 Å². The van der Waals surface area contributed by atoms with Crippen molar-refractivity contribution < 1.29 is 31.8 Å². The molecule has 1 unspecified atom stereocenters. The van der Waals surface area contributed by atoms with E-state index in [1.807, 2.05) is 0 Å². The number of nitrogens with one attached hydrogen (secondary N) is 1. The van der Waals surface area contributed by atoms with Gasteiger partial charge in [0.25, 0.3) is 5.56 Å². The zero-order valence-corrected chi connectivity index (χ0v) is 15.9. The van der Waals surface area contributed by atoms with E-state index in [-0.39, 0.29) is 28.2 Å². The third-order valence-electron chi connectivity index (χ3n) is 4.21. The standard InChI is InChI=1S/C19H15F4N3O4/c1-8(30-14-5-4-10(6-13(14)20)18(28)29-3)11-7-12-16(24-9(2)25-17(12)27)26-15(11)19(21,22)23/h4-8H,1-3H3,(H,24,25,26,27). The number of aromatic nitrogens is 3. The Hall–Kier alpha value is -3.50. The number of nitrogens with zero attached hydrogens (tertiary/aromatic N) is 2. The van der Waals surface area contributed by atoms with Crippen LogP contribution in [0.5, 0.6) is 5.75 Å². The van der Waals surface area contributed by atoms with E-state index in [4.69, 9.17) is 4.74 Å². The smallest absolute Gasteiger partial charge is 0.433 e. The molecule has 3 rings (SSSR count). The minimum absolute atomic E-state index is 0.0914. The summed E-state index contributed by atoms with van der Waals surface area (Å²) in [7, 11) is 1.12. The van der Waals surface area contributed by atoms with Crippen LogP contribution in [-0.2, 0) is 10.9 Å². The number of aromatic amines is 1. The van der Waals surface area contributed by atoms with Gasteiger partial charge in [-0.05, 0) is 38.1 Å². The van der Waals surface area contributed by atoms with Crippen molar-refractivity contribution in [2.45, 2.75) is 26.1 Å². The van der Waals surface area contributed by atoms with Crippen molar-refractivity contribution in [3.05, 3.63) is 63.1 Å². The van der Waals surface area contributed by atoms with Crippen LogP contribution in [0.4, 0.5) is 17.6 Å². The molecule has 0 spiro atoms. The minimum atomic E-state index is -4.87. The highest BCUT2D eigenvalue weighted by Crippen LogP contribution is 2.36. The van der Waals surface area contributed by atoms with Gasteiger partial charge in [-0.1, -0.05) is 0 Å². The van der Waals surface area contributed by atoms with Crippen LogP contribution in [0.15, 0.2) is 29.1 Å². The summed E-state index contributed by atoms with van der Waals surface area (Å²) in [6.45, 7) is 2.66. The summed E-state index contributed by atoms with van der Waals surface area (Å²) in [5.74, 6) is -2.03. The van der Waals surface area contributed by atoms with Gasteiger partial charge in [0.15, 0.2) is 22.9 Å². The molecule has 0 fully saturated rings. The molecule has 3 aromatic rings. The SMILES string of the molecule is COC(=O)c1ccc(OC(C)c2cc3c(=O)[nH]c(C)nc3nc2C(F)(F)F)c(F)c1. The predicted molar refractivity (Wildman–Crippen MR) is 96.7 cm³/mol. The maximum Gasteiger partial charge on any atom is 0.433 e. The first kappa shape index (κ1) is 21.2. The van der Waals surface area contributed by atoms with E-state index in [1.54, 1.807) is 0 Å². The molecule has 0 bridgehead atoms. The molecule has 1 N–H and O–H groups in total. The van der Waals surface area contributed by atoms with Crippen LogP contribution in [0.3, 0.4) is 0 Å². The number of carbonyl (C=O) groups excluding carboxylic acids is 1. The highest BCUT2D eigenvalue weighted by molar-refractivity contribution is 5.89. The van der Waals surface area contributed by atoms with Gasteiger partial charge in [0.05, 0.1) is 18.1 Å². The average Bonchev–Trinajstić information content (AvgIpc) is 2.67. The molecule has 1 atom stereocenters. The number of halogens is 4. The van der Waals surface area contributed by atoms with Gasteiger partial charge in [-0.15, -0.1) is 0 Å². The second-order valence-corrected chi connectivity index (χ2v) is 6.34. The number of carbonyl (C=O) groups is 1. The van der Waals surface area contributed by atoms with Crippen molar-refractivity contribution in [3.8, 4) is 5.75 Å². The van der Waals surface area contributed by atoms with E-state index in [1.165, 1.54) is 19.9 Å². The molecule has 0 radical (unpaired) electrons. The summed E-state index contributed by atoms with van der Waals surface area (Å²) >= 11 is 0. The molecule has 7 nitrogen and oxygen atoms in total. The Morgan fingerprint density at radius 3 is 2.50 bits per heavy atom. The highest BCUT2D eigenvalue weighted by atomic mass is 19.4. The highest BCUT2D eigenvalue weighted by Gasteiger charge is 2.38. The monoisotopic (exact) mass is 425 g/mol. The molecule has 2 heterocycles. The summed E-state index contributed by atoms with van der Waals surface area (Å²) in [6, 6.07) is 4.12. The van der Waals surface area contributed by atoms with Crippen molar-refractivity contribution in [1.82, 2.24) is 15.0 Å². The Morgan fingerprint density at radius 2 is 1.90 bits per heavy atom. The number of aryl methyl sites for hydroxylation is 1. The van der Waals surface area contributed by atoms with Crippen LogP contribution in [0.2, 0.25) is 0 Å². The Morgan fingerprint density at radius 1 is 1.20 bits per heavy atom. The summed E-state index contributed by atoms with van der Waals surface area (Å²) in [5, 5.41) is -0.166. The molecule has 30 heavy (non-hydrogen) atoms. The molecule has 0 aliphatic heterocycles. The second-order valence-electron chi connectivity index (χ2n) is 6.34. The molecule has 0 aliphatic carbocycles. The molecule has 0 saturated heterocycles.